The normalized spacial score (nSPS) is 30.6. The van der Waals surface area contributed by atoms with Gasteiger partial charge in [-0.1, -0.05) is 13.3 Å². The van der Waals surface area contributed by atoms with Gasteiger partial charge in [0.15, 0.2) is 0 Å². The van der Waals surface area contributed by atoms with E-state index in [9.17, 15) is 8.42 Å². The van der Waals surface area contributed by atoms with E-state index in [4.69, 9.17) is 4.74 Å². The molecule has 1 atom stereocenters. The Morgan fingerprint density at radius 3 is 2.61 bits per heavy atom. The smallest absolute Gasteiger partial charge is 0.279 e. The van der Waals surface area contributed by atoms with Crippen LogP contribution in [0.1, 0.15) is 45.4 Å². The second kappa shape index (κ2) is 7.35. The topological polar surface area (TPSA) is 70.7 Å². The third-order valence-corrected chi connectivity index (χ3v) is 7.61. The SMILES string of the molecule is CCC1CCN(S(=O)(=O)NC2CNCC3(CCOCC3)C2)CC1. The number of hydrogen-bond acceptors (Lipinski definition) is 4. The summed E-state index contributed by atoms with van der Waals surface area (Å²) in [6, 6.07) is -0.00394. The largest absolute Gasteiger partial charge is 0.381 e. The zero-order valence-corrected chi connectivity index (χ0v) is 15.0. The van der Waals surface area contributed by atoms with Crippen molar-refractivity contribution >= 4 is 10.2 Å². The number of nitrogens with one attached hydrogen (secondary N) is 2. The summed E-state index contributed by atoms with van der Waals surface area (Å²) in [5.41, 5.74) is 0.207. The lowest BCUT2D eigenvalue weighted by Crippen LogP contribution is -2.57. The molecule has 23 heavy (non-hydrogen) atoms. The molecule has 0 saturated carbocycles. The van der Waals surface area contributed by atoms with Crippen molar-refractivity contribution in [2.75, 3.05) is 39.4 Å². The molecule has 134 valence electrons. The van der Waals surface area contributed by atoms with Gasteiger partial charge in [-0.25, -0.2) is 0 Å². The summed E-state index contributed by atoms with van der Waals surface area (Å²) >= 11 is 0. The van der Waals surface area contributed by atoms with E-state index in [1.54, 1.807) is 4.31 Å². The summed E-state index contributed by atoms with van der Waals surface area (Å²) in [5, 5.41) is 3.44. The Balaban J connectivity index is 1.57. The van der Waals surface area contributed by atoms with Crippen molar-refractivity contribution in [2.24, 2.45) is 11.3 Å². The Hall–Kier alpha value is -0.210. The van der Waals surface area contributed by atoms with E-state index in [0.29, 0.717) is 19.0 Å². The maximum atomic E-state index is 12.7. The molecule has 0 aromatic rings. The van der Waals surface area contributed by atoms with Crippen LogP contribution in [0, 0.1) is 11.3 Å². The van der Waals surface area contributed by atoms with Crippen LogP contribution < -0.4 is 10.0 Å². The lowest BCUT2D eigenvalue weighted by molar-refractivity contribution is -0.00225. The molecule has 3 saturated heterocycles. The highest BCUT2D eigenvalue weighted by atomic mass is 32.2. The van der Waals surface area contributed by atoms with Crippen LogP contribution in [0.5, 0.6) is 0 Å². The van der Waals surface area contributed by atoms with Crippen LogP contribution in [0.2, 0.25) is 0 Å². The van der Waals surface area contributed by atoms with Crippen molar-refractivity contribution in [3.63, 3.8) is 0 Å². The number of rotatable bonds is 4. The lowest BCUT2D eigenvalue weighted by atomic mass is 9.73. The van der Waals surface area contributed by atoms with Gasteiger partial charge in [0.05, 0.1) is 0 Å². The van der Waals surface area contributed by atoms with Gasteiger partial charge in [-0.05, 0) is 43.4 Å². The molecule has 2 N–H and O–H groups in total. The van der Waals surface area contributed by atoms with Gasteiger partial charge in [-0.3, -0.25) is 0 Å². The fourth-order valence-electron chi connectivity index (χ4n) is 4.29. The Bertz CT molecular complexity index is 477. The number of nitrogens with zero attached hydrogens (tertiary/aromatic N) is 1. The summed E-state index contributed by atoms with van der Waals surface area (Å²) in [6.07, 6.45) is 6.11. The minimum atomic E-state index is -3.36. The Kier molecular flexibility index (Phi) is 5.63. The fraction of sp³-hybridized carbons (Fsp3) is 1.00. The molecule has 1 spiro atoms. The molecule has 1 unspecified atom stereocenters. The molecule has 7 heteroatoms. The second-order valence-corrected chi connectivity index (χ2v) is 9.22. The van der Waals surface area contributed by atoms with Crippen molar-refractivity contribution in [3.05, 3.63) is 0 Å². The molecule has 6 nitrogen and oxygen atoms in total. The zero-order chi connectivity index (χ0) is 16.3. The quantitative estimate of drug-likeness (QED) is 0.800. The molecule has 3 rings (SSSR count). The number of ether oxygens (including phenoxy) is 1. The van der Waals surface area contributed by atoms with Crippen LogP contribution in [-0.2, 0) is 14.9 Å². The summed E-state index contributed by atoms with van der Waals surface area (Å²) in [5.74, 6) is 0.684. The zero-order valence-electron chi connectivity index (χ0n) is 14.2. The summed E-state index contributed by atoms with van der Waals surface area (Å²) in [7, 11) is -3.36. The van der Waals surface area contributed by atoms with Crippen molar-refractivity contribution in [2.45, 2.75) is 51.5 Å². The molecule has 0 aromatic heterocycles. The Morgan fingerprint density at radius 1 is 1.26 bits per heavy atom. The predicted octanol–water partition coefficient (Wildman–Crippen LogP) is 1.10. The predicted molar refractivity (Wildman–Crippen MR) is 90.4 cm³/mol. The molecule has 0 aromatic carbocycles. The van der Waals surface area contributed by atoms with E-state index in [1.807, 2.05) is 0 Å². The van der Waals surface area contributed by atoms with Gasteiger partial charge < -0.3 is 10.1 Å². The van der Waals surface area contributed by atoms with Crippen LogP contribution in [-0.4, -0.2) is 58.2 Å². The van der Waals surface area contributed by atoms with Crippen LogP contribution in [0.15, 0.2) is 0 Å². The Morgan fingerprint density at radius 2 is 1.96 bits per heavy atom. The molecule has 3 fully saturated rings. The summed E-state index contributed by atoms with van der Waals surface area (Å²) in [4.78, 5) is 0. The molecule has 0 radical (unpaired) electrons. The van der Waals surface area contributed by atoms with E-state index >= 15 is 0 Å². The third-order valence-electron chi connectivity index (χ3n) is 5.93. The maximum Gasteiger partial charge on any atom is 0.279 e. The first-order chi connectivity index (χ1) is 11.0. The van der Waals surface area contributed by atoms with Crippen molar-refractivity contribution in [1.82, 2.24) is 14.3 Å². The van der Waals surface area contributed by atoms with E-state index in [2.05, 4.69) is 17.0 Å². The van der Waals surface area contributed by atoms with Gasteiger partial charge in [-0.15, -0.1) is 0 Å². The molecule has 3 aliphatic heterocycles. The fourth-order valence-corrected chi connectivity index (χ4v) is 5.72. The highest BCUT2D eigenvalue weighted by molar-refractivity contribution is 7.87. The molecular formula is C16H31N3O3S. The van der Waals surface area contributed by atoms with E-state index in [0.717, 1.165) is 64.8 Å². The van der Waals surface area contributed by atoms with Gasteiger partial charge in [-0.2, -0.15) is 17.4 Å². The first kappa shape index (κ1) is 17.6. The minimum absolute atomic E-state index is 0.00394. The molecular weight excluding hydrogens is 314 g/mol. The van der Waals surface area contributed by atoms with E-state index < -0.39 is 10.2 Å². The van der Waals surface area contributed by atoms with Gasteiger partial charge in [0.1, 0.15) is 0 Å². The van der Waals surface area contributed by atoms with Crippen molar-refractivity contribution < 1.29 is 13.2 Å². The average molecular weight is 346 g/mol. The molecule has 0 amide bonds. The van der Waals surface area contributed by atoms with Crippen LogP contribution >= 0.6 is 0 Å². The van der Waals surface area contributed by atoms with Gasteiger partial charge >= 0.3 is 0 Å². The van der Waals surface area contributed by atoms with Crippen LogP contribution in [0.25, 0.3) is 0 Å². The van der Waals surface area contributed by atoms with Crippen LogP contribution in [0.3, 0.4) is 0 Å². The second-order valence-electron chi connectivity index (χ2n) is 7.52. The molecule has 3 aliphatic rings. The van der Waals surface area contributed by atoms with Gasteiger partial charge in [0.25, 0.3) is 10.2 Å². The first-order valence-corrected chi connectivity index (χ1v) is 10.5. The monoisotopic (exact) mass is 345 g/mol. The standard InChI is InChI=1S/C16H31N3O3S/c1-2-14-3-7-19(8-4-14)23(20,21)18-15-11-16(13-17-12-15)5-9-22-10-6-16/h14-15,17-18H,2-13H2,1H3. The van der Waals surface area contributed by atoms with Crippen LogP contribution in [0.4, 0.5) is 0 Å². The number of piperidine rings is 2. The number of hydrogen-bond donors (Lipinski definition) is 2. The minimum Gasteiger partial charge on any atom is -0.381 e. The Labute approximate surface area is 140 Å². The summed E-state index contributed by atoms with van der Waals surface area (Å²) in [6.45, 7) is 6.81. The third kappa shape index (κ3) is 4.25. The molecule has 3 heterocycles. The molecule has 0 aliphatic carbocycles. The highest BCUT2D eigenvalue weighted by Gasteiger charge is 2.39. The molecule has 0 bridgehead atoms. The van der Waals surface area contributed by atoms with Gasteiger partial charge in [0, 0.05) is 45.4 Å². The average Bonchev–Trinajstić information content (AvgIpc) is 2.55. The van der Waals surface area contributed by atoms with E-state index in [1.165, 1.54) is 0 Å². The summed E-state index contributed by atoms with van der Waals surface area (Å²) < 4.78 is 35.4. The van der Waals surface area contributed by atoms with Crippen molar-refractivity contribution in [1.29, 1.82) is 0 Å². The maximum absolute atomic E-state index is 12.7. The van der Waals surface area contributed by atoms with Crippen molar-refractivity contribution in [3.8, 4) is 0 Å². The first-order valence-electron chi connectivity index (χ1n) is 9.09. The highest BCUT2D eigenvalue weighted by Crippen LogP contribution is 2.36. The lowest BCUT2D eigenvalue weighted by Gasteiger charge is -2.44. The van der Waals surface area contributed by atoms with Gasteiger partial charge in [0.2, 0.25) is 0 Å². The van der Waals surface area contributed by atoms with E-state index in [-0.39, 0.29) is 11.5 Å².